The lowest BCUT2D eigenvalue weighted by molar-refractivity contribution is 0.0955. The van der Waals surface area contributed by atoms with Crippen LogP contribution in [0.5, 0.6) is 0 Å². The van der Waals surface area contributed by atoms with Crippen LogP contribution in [0.4, 0.5) is 0 Å². The van der Waals surface area contributed by atoms with Crippen molar-refractivity contribution in [1.29, 1.82) is 0 Å². The molecule has 4 nitrogen and oxygen atoms in total. The summed E-state index contributed by atoms with van der Waals surface area (Å²) in [5.74, 6) is 0.794. The molecule has 0 fully saturated rings. The molecular weight excluding hydrogens is 324 g/mol. The molecule has 1 aromatic carbocycles. The zero-order chi connectivity index (χ0) is 17.8. The van der Waals surface area contributed by atoms with Crippen molar-refractivity contribution in [3.63, 3.8) is 0 Å². The van der Waals surface area contributed by atoms with E-state index in [2.05, 4.69) is 13.8 Å². The molecule has 0 spiro atoms. The highest BCUT2D eigenvalue weighted by Crippen LogP contribution is 2.23. The highest BCUT2D eigenvalue weighted by molar-refractivity contribution is 7.85. The Balaban J connectivity index is 2.16. The number of hydrogen-bond acceptors (Lipinski definition) is 3. The fourth-order valence-electron chi connectivity index (χ4n) is 2.69. The summed E-state index contributed by atoms with van der Waals surface area (Å²) in [7, 11) is -4.25. The maximum atomic E-state index is 11.5. The van der Waals surface area contributed by atoms with Gasteiger partial charge in [0.1, 0.15) is 0 Å². The quantitative estimate of drug-likeness (QED) is 0.381. The number of hydrogen-bond donors (Lipinski definition) is 1. The minimum atomic E-state index is -4.25. The summed E-state index contributed by atoms with van der Waals surface area (Å²) >= 11 is 0. The summed E-state index contributed by atoms with van der Waals surface area (Å²) in [4.78, 5) is 0. The van der Waals surface area contributed by atoms with Crippen LogP contribution < -0.4 is 0 Å². The smallest absolute Gasteiger partial charge is 0.296 e. The topological polar surface area (TPSA) is 63.6 Å². The molecule has 0 amide bonds. The normalized spacial score (nSPS) is 13.3. The molecule has 0 saturated carbocycles. The van der Waals surface area contributed by atoms with E-state index in [9.17, 15) is 13.0 Å². The third-order valence-corrected chi connectivity index (χ3v) is 4.99. The monoisotopic (exact) mass is 356 g/mol. The Morgan fingerprint density at radius 1 is 0.917 bits per heavy atom. The van der Waals surface area contributed by atoms with E-state index in [0.29, 0.717) is 12.2 Å². The average molecular weight is 357 g/mol. The van der Waals surface area contributed by atoms with Crippen LogP contribution >= 0.6 is 0 Å². The van der Waals surface area contributed by atoms with Crippen LogP contribution in [0.3, 0.4) is 0 Å². The molecule has 24 heavy (non-hydrogen) atoms. The van der Waals surface area contributed by atoms with Gasteiger partial charge < -0.3 is 4.74 Å². The summed E-state index contributed by atoms with van der Waals surface area (Å²) < 4.78 is 37.7. The van der Waals surface area contributed by atoms with Crippen molar-refractivity contribution in [2.45, 2.75) is 70.7 Å². The largest absolute Gasteiger partial charge is 0.355 e. The van der Waals surface area contributed by atoms with Gasteiger partial charge in [-0.05, 0) is 17.9 Å². The van der Waals surface area contributed by atoms with Crippen molar-refractivity contribution >= 4 is 10.1 Å². The highest BCUT2D eigenvalue weighted by atomic mass is 32.2. The van der Waals surface area contributed by atoms with E-state index in [1.807, 2.05) is 0 Å². The third-order valence-electron chi connectivity index (χ3n) is 4.04. The maximum Gasteiger partial charge on any atom is 0.296 e. The van der Waals surface area contributed by atoms with Crippen molar-refractivity contribution in [2.75, 3.05) is 6.61 Å². The molecule has 1 unspecified atom stereocenters. The standard InChI is InChI=1S/C19H32O4S/c1-17(2)13-9-6-4-3-5-7-12-16-23-19(24(20,21)22)18-14-10-8-11-15-18/h8,10-11,14-15,17,19H,3-7,9,12-13,16H2,1-2H3,(H,20,21,22). The predicted octanol–water partition coefficient (Wildman–Crippen LogP) is 5.37. The molecule has 0 saturated heterocycles. The van der Waals surface area contributed by atoms with Crippen molar-refractivity contribution in [3.05, 3.63) is 35.9 Å². The van der Waals surface area contributed by atoms with E-state index in [1.54, 1.807) is 30.3 Å². The van der Waals surface area contributed by atoms with Gasteiger partial charge in [-0.1, -0.05) is 89.1 Å². The van der Waals surface area contributed by atoms with Crippen molar-refractivity contribution in [3.8, 4) is 0 Å². The number of ether oxygens (including phenoxy) is 1. The van der Waals surface area contributed by atoms with Gasteiger partial charge in [0, 0.05) is 6.61 Å². The first-order valence-corrected chi connectivity index (χ1v) is 10.5. The number of benzene rings is 1. The number of unbranched alkanes of at least 4 members (excludes halogenated alkanes) is 6. The van der Waals surface area contributed by atoms with E-state index in [-0.39, 0.29) is 0 Å². The van der Waals surface area contributed by atoms with Gasteiger partial charge in [-0.3, -0.25) is 4.55 Å². The summed E-state index contributed by atoms with van der Waals surface area (Å²) in [6.07, 6.45) is 9.39. The Kier molecular flexibility index (Phi) is 10.2. The fourth-order valence-corrected chi connectivity index (χ4v) is 3.46. The van der Waals surface area contributed by atoms with Crippen LogP contribution in [0.2, 0.25) is 0 Å². The lowest BCUT2D eigenvalue weighted by Crippen LogP contribution is -2.16. The van der Waals surface area contributed by atoms with Gasteiger partial charge in [0.15, 0.2) is 0 Å². The molecule has 1 atom stereocenters. The van der Waals surface area contributed by atoms with Gasteiger partial charge in [0.25, 0.3) is 10.1 Å². The van der Waals surface area contributed by atoms with E-state index in [1.165, 1.54) is 32.1 Å². The minimum absolute atomic E-state index is 0.340. The first kappa shape index (κ1) is 21.1. The summed E-state index contributed by atoms with van der Waals surface area (Å²) in [5.41, 5.74) is -0.820. The van der Waals surface area contributed by atoms with E-state index in [0.717, 1.165) is 25.2 Å². The van der Waals surface area contributed by atoms with E-state index < -0.39 is 15.6 Å². The molecule has 1 N–H and O–H groups in total. The average Bonchev–Trinajstić information content (AvgIpc) is 2.52. The van der Waals surface area contributed by atoms with Gasteiger partial charge in [-0.15, -0.1) is 0 Å². The van der Waals surface area contributed by atoms with Crippen LogP contribution in [0.1, 0.15) is 76.2 Å². The maximum absolute atomic E-state index is 11.5. The van der Waals surface area contributed by atoms with Crippen LogP contribution in [-0.2, 0) is 14.9 Å². The molecule has 0 radical (unpaired) electrons. The van der Waals surface area contributed by atoms with Crippen molar-refractivity contribution < 1.29 is 17.7 Å². The zero-order valence-electron chi connectivity index (χ0n) is 15.0. The van der Waals surface area contributed by atoms with Crippen LogP contribution in [-0.4, -0.2) is 19.6 Å². The highest BCUT2D eigenvalue weighted by Gasteiger charge is 2.25. The molecular formula is C19H32O4S. The molecule has 5 heteroatoms. The van der Waals surface area contributed by atoms with Crippen molar-refractivity contribution in [1.82, 2.24) is 0 Å². The molecule has 0 aliphatic heterocycles. The molecule has 0 aliphatic rings. The summed E-state index contributed by atoms with van der Waals surface area (Å²) in [6.45, 7) is 4.86. The summed E-state index contributed by atoms with van der Waals surface area (Å²) in [5, 5.41) is 0. The first-order valence-electron chi connectivity index (χ1n) is 9.04. The minimum Gasteiger partial charge on any atom is -0.355 e. The second-order valence-electron chi connectivity index (χ2n) is 6.79. The third kappa shape index (κ3) is 9.40. The van der Waals surface area contributed by atoms with Crippen LogP contribution in [0.15, 0.2) is 30.3 Å². The van der Waals surface area contributed by atoms with Gasteiger partial charge in [-0.25, -0.2) is 0 Å². The first-order chi connectivity index (χ1) is 11.4. The Labute approximate surface area is 147 Å². The Hall–Kier alpha value is -0.910. The van der Waals surface area contributed by atoms with E-state index in [4.69, 9.17) is 4.74 Å². The van der Waals surface area contributed by atoms with E-state index >= 15 is 0 Å². The van der Waals surface area contributed by atoms with Crippen LogP contribution in [0.25, 0.3) is 0 Å². The fraction of sp³-hybridized carbons (Fsp3) is 0.684. The SMILES string of the molecule is CC(C)CCCCCCCCCOC(c1ccccc1)S(=O)(=O)O. The Morgan fingerprint density at radius 3 is 2.00 bits per heavy atom. The zero-order valence-corrected chi connectivity index (χ0v) is 15.8. The second kappa shape index (κ2) is 11.6. The lowest BCUT2D eigenvalue weighted by atomic mass is 10.0. The van der Waals surface area contributed by atoms with Crippen molar-refractivity contribution in [2.24, 2.45) is 5.92 Å². The van der Waals surface area contributed by atoms with Gasteiger partial charge in [0.05, 0.1) is 0 Å². The number of rotatable bonds is 13. The van der Waals surface area contributed by atoms with Gasteiger partial charge in [-0.2, -0.15) is 8.42 Å². The molecule has 138 valence electrons. The molecule has 1 aromatic rings. The molecule has 0 aliphatic carbocycles. The van der Waals surface area contributed by atoms with Gasteiger partial charge >= 0.3 is 0 Å². The molecule has 1 rings (SSSR count). The second-order valence-corrected chi connectivity index (χ2v) is 8.24. The predicted molar refractivity (Wildman–Crippen MR) is 98.5 cm³/mol. The molecule has 0 heterocycles. The lowest BCUT2D eigenvalue weighted by Gasteiger charge is -2.15. The molecule has 0 aromatic heterocycles. The van der Waals surface area contributed by atoms with Gasteiger partial charge in [0.2, 0.25) is 5.44 Å². The summed E-state index contributed by atoms with van der Waals surface area (Å²) in [6, 6.07) is 8.56. The molecule has 0 bridgehead atoms. The van der Waals surface area contributed by atoms with Crippen LogP contribution in [0, 0.1) is 5.92 Å². The Morgan fingerprint density at radius 2 is 1.46 bits per heavy atom. The Bertz CT molecular complexity index is 526.